The average Bonchev–Trinajstić information content (AvgIpc) is 2.93. The highest BCUT2D eigenvalue weighted by atomic mass is 79.9. The Morgan fingerprint density at radius 1 is 1.33 bits per heavy atom. The normalized spacial score (nSPS) is 36.6. The van der Waals surface area contributed by atoms with Gasteiger partial charge in [0.15, 0.2) is 15.7 Å². The van der Waals surface area contributed by atoms with Crippen molar-refractivity contribution in [1.82, 2.24) is 0 Å². The molecule has 24 heavy (non-hydrogen) atoms. The maximum atomic E-state index is 6.09. The van der Waals surface area contributed by atoms with Crippen LogP contribution in [-0.4, -0.2) is 40.3 Å². The Labute approximate surface area is 153 Å². The molecule has 126 valence electrons. The second kappa shape index (κ2) is 5.28. The van der Waals surface area contributed by atoms with Crippen LogP contribution in [0.5, 0.6) is 0 Å². The largest absolute Gasteiger partial charge is 0.475 e. The van der Waals surface area contributed by atoms with Crippen LogP contribution in [0.3, 0.4) is 0 Å². The van der Waals surface area contributed by atoms with E-state index in [0.29, 0.717) is 12.1 Å². The molecule has 2 spiro atoms. The van der Waals surface area contributed by atoms with E-state index in [9.17, 15) is 0 Å². The van der Waals surface area contributed by atoms with Gasteiger partial charge in [-0.3, -0.25) is 0 Å². The highest BCUT2D eigenvalue weighted by Gasteiger charge is 2.68. The summed E-state index contributed by atoms with van der Waals surface area (Å²) in [5, 5.41) is -0.455. The van der Waals surface area contributed by atoms with Gasteiger partial charge in [0.25, 0.3) is 6.02 Å². The molecule has 1 saturated carbocycles. The maximum absolute atomic E-state index is 6.09. The van der Waals surface area contributed by atoms with Crippen LogP contribution in [0, 0.1) is 5.41 Å². The second-order valence-corrected chi connectivity index (χ2v) is 8.88. The number of hydrogen-bond acceptors (Lipinski definition) is 4. The first kappa shape index (κ1) is 16.5. The van der Waals surface area contributed by atoms with Crippen molar-refractivity contribution < 1.29 is 9.47 Å². The summed E-state index contributed by atoms with van der Waals surface area (Å²) in [6.45, 7) is 0. The molecule has 1 heterocycles. The van der Waals surface area contributed by atoms with Crippen LogP contribution >= 0.6 is 15.9 Å². The Morgan fingerprint density at radius 3 is 2.62 bits per heavy atom. The Hall–Kier alpha value is -0.940. The van der Waals surface area contributed by atoms with Gasteiger partial charge >= 0.3 is 0 Å². The minimum Gasteiger partial charge on any atom is -0.475 e. The smallest absolute Gasteiger partial charge is 0.282 e. The first-order chi connectivity index (χ1) is 11.3. The Kier molecular flexibility index (Phi) is 3.63. The van der Waals surface area contributed by atoms with Crippen molar-refractivity contribution in [2.45, 2.75) is 49.1 Å². The number of ether oxygens (including phenoxy) is 2. The Balaban J connectivity index is 1.90. The van der Waals surface area contributed by atoms with Gasteiger partial charge in [-0.2, -0.15) is 0 Å². The maximum Gasteiger partial charge on any atom is 0.282 e. The number of fused-ring (bicyclic) bond motifs is 3. The lowest BCUT2D eigenvalue weighted by Gasteiger charge is -2.51. The van der Waals surface area contributed by atoms with Crippen LogP contribution in [-0.2, 0) is 21.4 Å². The molecule has 0 amide bonds. The molecule has 0 aromatic heterocycles. The molecule has 0 unspecified atom stereocenters. The number of aliphatic imine (C=N–C) groups is 1. The van der Waals surface area contributed by atoms with Gasteiger partial charge in [0, 0.05) is 17.0 Å². The van der Waals surface area contributed by atoms with E-state index < -0.39 is 10.9 Å². The number of nitrogens with zero attached hydrogens (tertiary/aromatic N) is 1. The van der Waals surface area contributed by atoms with Crippen molar-refractivity contribution in [3.63, 3.8) is 0 Å². The SMILES string of the molecule is BC1(B)OC(N)=N[C@@]12c1cc(Br)ccc1C[C@]21CC[C@@H](OC)CC1. The molecule has 0 bridgehead atoms. The highest BCUT2D eigenvalue weighted by molar-refractivity contribution is 9.10. The standard InChI is InChI=1S/C17H23B2BrN2O2/c1-23-12-4-6-15(7-5-12)9-10-2-3-11(20)8-13(10)16(15)17(18,19)24-14(21)22-16/h2-3,8,12H,4-7,9,18-19H2,1H3,(H2,21,22)/t12-,15-,16-/m1/s1. The van der Waals surface area contributed by atoms with Crippen molar-refractivity contribution in [1.29, 1.82) is 0 Å². The van der Waals surface area contributed by atoms with Crippen LogP contribution in [0.1, 0.15) is 36.8 Å². The summed E-state index contributed by atoms with van der Waals surface area (Å²) in [5.74, 6) is 0. The van der Waals surface area contributed by atoms with E-state index in [1.54, 1.807) is 0 Å². The number of rotatable bonds is 1. The summed E-state index contributed by atoms with van der Waals surface area (Å²) < 4.78 is 12.7. The molecule has 2 N–H and O–H groups in total. The lowest BCUT2D eigenvalue weighted by molar-refractivity contribution is -0.0256. The molecule has 1 atom stereocenters. The van der Waals surface area contributed by atoms with E-state index in [2.05, 4.69) is 49.8 Å². The molecule has 4 nitrogen and oxygen atoms in total. The summed E-state index contributed by atoms with van der Waals surface area (Å²) >= 11 is 3.64. The van der Waals surface area contributed by atoms with Gasteiger partial charge in [-0.15, -0.1) is 0 Å². The third-order valence-electron chi connectivity index (χ3n) is 6.49. The zero-order valence-electron chi connectivity index (χ0n) is 14.6. The zero-order valence-corrected chi connectivity index (χ0v) is 16.1. The van der Waals surface area contributed by atoms with Crippen LogP contribution in [0.2, 0.25) is 0 Å². The molecule has 4 rings (SSSR count). The molecular weight excluding hydrogens is 366 g/mol. The number of methoxy groups -OCH3 is 1. The molecule has 1 aromatic carbocycles. The molecule has 7 heteroatoms. The fourth-order valence-electron chi connectivity index (χ4n) is 5.54. The van der Waals surface area contributed by atoms with E-state index in [1.807, 2.05) is 7.11 Å². The molecule has 2 aliphatic carbocycles. The predicted octanol–water partition coefficient (Wildman–Crippen LogP) is 1.04. The Morgan fingerprint density at radius 2 is 2.04 bits per heavy atom. The Bertz CT molecular complexity index is 717. The molecule has 1 aliphatic heterocycles. The number of nitrogens with two attached hydrogens (primary N) is 1. The molecule has 3 aliphatic rings. The third-order valence-corrected chi connectivity index (χ3v) is 6.98. The second-order valence-electron chi connectivity index (χ2n) is 7.97. The van der Waals surface area contributed by atoms with Gasteiger partial charge in [-0.1, -0.05) is 22.0 Å². The van der Waals surface area contributed by atoms with Gasteiger partial charge in [0.1, 0.15) is 5.54 Å². The van der Waals surface area contributed by atoms with E-state index >= 15 is 0 Å². The van der Waals surface area contributed by atoms with Gasteiger partial charge in [0.2, 0.25) is 0 Å². The third kappa shape index (κ3) is 2.00. The van der Waals surface area contributed by atoms with Crippen molar-refractivity contribution >= 4 is 37.6 Å². The topological polar surface area (TPSA) is 56.8 Å². The van der Waals surface area contributed by atoms with E-state index in [-0.39, 0.29) is 5.41 Å². The number of halogens is 1. The molecule has 1 aromatic rings. The number of benzene rings is 1. The van der Waals surface area contributed by atoms with Gasteiger partial charge in [0.05, 0.1) is 11.5 Å². The van der Waals surface area contributed by atoms with Crippen LogP contribution in [0.4, 0.5) is 0 Å². The minimum absolute atomic E-state index is 0.0514. The summed E-state index contributed by atoms with van der Waals surface area (Å²) in [6.07, 6.45) is 5.70. The summed E-state index contributed by atoms with van der Waals surface area (Å²) in [7, 11) is 6.09. The molecule has 1 fully saturated rings. The predicted molar refractivity (Wildman–Crippen MR) is 104 cm³/mol. The van der Waals surface area contributed by atoms with Crippen molar-refractivity contribution in [3.05, 3.63) is 33.8 Å². The van der Waals surface area contributed by atoms with Crippen molar-refractivity contribution in [2.75, 3.05) is 7.11 Å². The van der Waals surface area contributed by atoms with E-state index in [4.69, 9.17) is 20.2 Å². The van der Waals surface area contributed by atoms with E-state index in [1.165, 1.54) is 11.1 Å². The molecule has 0 radical (unpaired) electrons. The van der Waals surface area contributed by atoms with Crippen molar-refractivity contribution in [3.8, 4) is 0 Å². The fourth-order valence-corrected chi connectivity index (χ4v) is 5.90. The quantitative estimate of drug-likeness (QED) is 0.731. The molecular formula is C17H23B2BrN2O2. The minimum atomic E-state index is -0.455. The highest BCUT2D eigenvalue weighted by Crippen LogP contribution is 2.65. The van der Waals surface area contributed by atoms with Gasteiger partial charge < -0.3 is 15.2 Å². The lowest BCUT2D eigenvalue weighted by Crippen LogP contribution is -2.59. The summed E-state index contributed by atoms with van der Waals surface area (Å²) in [5.41, 5.74) is 8.39. The van der Waals surface area contributed by atoms with Crippen LogP contribution < -0.4 is 5.73 Å². The van der Waals surface area contributed by atoms with Crippen molar-refractivity contribution in [2.24, 2.45) is 16.1 Å². The summed E-state index contributed by atoms with van der Waals surface area (Å²) in [6, 6.07) is 6.90. The lowest BCUT2D eigenvalue weighted by atomic mass is 9.45. The van der Waals surface area contributed by atoms with E-state index in [0.717, 1.165) is 36.6 Å². The van der Waals surface area contributed by atoms with Gasteiger partial charge in [-0.25, -0.2) is 4.99 Å². The summed E-state index contributed by atoms with van der Waals surface area (Å²) in [4.78, 5) is 4.99. The van der Waals surface area contributed by atoms with Crippen LogP contribution in [0.25, 0.3) is 0 Å². The average molecular weight is 389 g/mol. The first-order valence-electron chi connectivity index (χ1n) is 8.70. The molecule has 0 saturated heterocycles. The fraction of sp³-hybridized carbons (Fsp3) is 0.588. The number of hydrogen-bond donors (Lipinski definition) is 1. The van der Waals surface area contributed by atoms with Crippen LogP contribution in [0.15, 0.2) is 27.7 Å². The first-order valence-corrected chi connectivity index (χ1v) is 9.49. The van der Waals surface area contributed by atoms with Gasteiger partial charge in [-0.05, 0) is 55.4 Å². The monoisotopic (exact) mass is 388 g/mol. The number of amidine groups is 1. The zero-order chi connectivity index (χ0) is 17.2.